The normalized spacial score (nSPS) is 15.6. The van der Waals surface area contributed by atoms with E-state index in [9.17, 15) is 0 Å². The van der Waals surface area contributed by atoms with Crippen molar-refractivity contribution in [3.05, 3.63) is 47.7 Å². The molecule has 0 aromatic heterocycles. The van der Waals surface area contributed by atoms with Gasteiger partial charge < -0.3 is 10.1 Å². The summed E-state index contributed by atoms with van der Waals surface area (Å²) in [5.74, 6) is 1.65. The quantitative estimate of drug-likeness (QED) is 0.773. The number of hydrogen-bond donors (Lipinski definition) is 1. The summed E-state index contributed by atoms with van der Waals surface area (Å²) in [6.45, 7) is 13.2. The molecule has 0 aliphatic heterocycles. The standard InChI is InChI=1S/C20H28NO/c1-5-16(14-21-20(2,3)4)15-22-19-13-9-8-12-18(19)17-10-6-7-11-17/h1,8-9,12-13,17,21H,6-7,10-11,14-15H2,2-4H3. The van der Waals surface area contributed by atoms with E-state index in [4.69, 9.17) is 11.3 Å². The lowest BCUT2D eigenvalue weighted by Crippen LogP contribution is -2.37. The first-order valence-corrected chi connectivity index (χ1v) is 8.27. The van der Waals surface area contributed by atoms with Crippen molar-refractivity contribution in [2.75, 3.05) is 13.2 Å². The van der Waals surface area contributed by atoms with Gasteiger partial charge in [0.1, 0.15) is 12.4 Å². The van der Waals surface area contributed by atoms with Crippen molar-refractivity contribution in [2.45, 2.75) is 57.9 Å². The third-order valence-corrected chi connectivity index (χ3v) is 4.15. The first-order chi connectivity index (χ1) is 10.5. The molecule has 1 fully saturated rings. The van der Waals surface area contributed by atoms with Crippen LogP contribution in [0, 0.1) is 6.58 Å². The molecule has 0 unspecified atom stereocenters. The highest BCUT2D eigenvalue weighted by molar-refractivity contribution is 5.37. The molecule has 119 valence electrons. The molecule has 1 aliphatic carbocycles. The van der Waals surface area contributed by atoms with Crippen LogP contribution in [0.15, 0.2) is 35.6 Å². The van der Waals surface area contributed by atoms with Crippen LogP contribution in [0.1, 0.15) is 57.9 Å². The fourth-order valence-electron chi connectivity index (χ4n) is 2.87. The van der Waals surface area contributed by atoms with Gasteiger partial charge in [-0.05, 0) is 57.7 Å². The second kappa shape index (κ2) is 7.67. The molecule has 1 aromatic carbocycles. The predicted molar refractivity (Wildman–Crippen MR) is 92.2 cm³/mol. The highest BCUT2D eigenvalue weighted by atomic mass is 16.5. The summed E-state index contributed by atoms with van der Waals surface area (Å²) in [6, 6.07) is 8.41. The number of hydrogen-bond acceptors (Lipinski definition) is 2. The van der Waals surface area contributed by atoms with Crippen molar-refractivity contribution in [1.29, 1.82) is 0 Å². The van der Waals surface area contributed by atoms with E-state index in [1.54, 1.807) is 0 Å². The Bertz CT molecular complexity index is 529. The summed E-state index contributed by atoms with van der Waals surface area (Å²) in [6.07, 6.45) is 5.21. The summed E-state index contributed by atoms with van der Waals surface area (Å²) in [5.41, 5.74) is 5.12. The van der Waals surface area contributed by atoms with Gasteiger partial charge >= 0.3 is 0 Å². The molecule has 0 amide bonds. The molecule has 0 atom stereocenters. The molecular formula is C20H28NO. The Balaban J connectivity index is 1.97. The molecule has 1 aromatic rings. The molecule has 1 saturated carbocycles. The molecule has 0 saturated heterocycles. The number of nitrogens with one attached hydrogen (secondary N) is 1. The van der Waals surface area contributed by atoms with Crippen molar-refractivity contribution >= 4 is 0 Å². The van der Waals surface area contributed by atoms with Crippen LogP contribution in [0.5, 0.6) is 5.75 Å². The first-order valence-electron chi connectivity index (χ1n) is 8.27. The van der Waals surface area contributed by atoms with E-state index >= 15 is 0 Å². The lowest BCUT2D eigenvalue weighted by Gasteiger charge is -2.21. The number of para-hydroxylation sites is 1. The molecule has 1 radical (unpaired) electrons. The van der Waals surface area contributed by atoms with Gasteiger partial charge in [-0.2, -0.15) is 0 Å². The van der Waals surface area contributed by atoms with E-state index in [1.807, 2.05) is 6.07 Å². The second-order valence-corrected chi connectivity index (χ2v) is 7.16. The Labute approximate surface area is 135 Å². The third kappa shape index (κ3) is 5.05. The van der Waals surface area contributed by atoms with Gasteiger partial charge in [0.2, 0.25) is 0 Å². The molecular weight excluding hydrogens is 270 g/mol. The Kier molecular flexibility index (Phi) is 5.88. The average molecular weight is 298 g/mol. The zero-order chi connectivity index (χ0) is 16.0. The lowest BCUT2D eigenvalue weighted by atomic mass is 9.97. The topological polar surface area (TPSA) is 21.3 Å². The summed E-state index contributed by atoms with van der Waals surface area (Å²) in [4.78, 5) is 0. The van der Waals surface area contributed by atoms with Gasteiger partial charge in [-0.1, -0.05) is 31.0 Å². The van der Waals surface area contributed by atoms with Gasteiger partial charge in [0.15, 0.2) is 0 Å². The maximum absolute atomic E-state index is 6.05. The van der Waals surface area contributed by atoms with Crippen LogP contribution in [-0.4, -0.2) is 18.7 Å². The Morgan fingerprint density at radius 1 is 1.27 bits per heavy atom. The van der Waals surface area contributed by atoms with E-state index < -0.39 is 0 Å². The van der Waals surface area contributed by atoms with Crippen molar-refractivity contribution in [1.82, 2.24) is 5.32 Å². The van der Waals surface area contributed by atoms with E-state index in [0.29, 0.717) is 19.1 Å². The highest BCUT2D eigenvalue weighted by Crippen LogP contribution is 2.38. The van der Waals surface area contributed by atoms with Crippen LogP contribution in [0.4, 0.5) is 0 Å². The summed E-state index contributed by atoms with van der Waals surface area (Å²) < 4.78 is 6.05. The van der Waals surface area contributed by atoms with Crippen LogP contribution >= 0.6 is 0 Å². The number of rotatable bonds is 6. The second-order valence-electron chi connectivity index (χ2n) is 7.16. The Morgan fingerprint density at radius 2 is 1.95 bits per heavy atom. The summed E-state index contributed by atoms with van der Waals surface area (Å²) >= 11 is 0. The third-order valence-electron chi connectivity index (χ3n) is 4.15. The summed E-state index contributed by atoms with van der Waals surface area (Å²) in [5, 5.41) is 3.42. The van der Waals surface area contributed by atoms with Gasteiger partial charge in [0.05, 0.1) is 0 Å². The molecule has 22 heavy (non-hydrogen) atoms. The monoisotopic (exact) mass is 298 g/mol. The van der Waals surface area contributed by atoms with E-state index in [1.165, 1.54) is 31.2 Å². The minimum atomic E-state index is 0.0594. The molecule has 2 rings (SSSR count). The van der Waals surface area contributed by atoms with Gasteiger partial charge in [0.25, 0.3) is 0 Å². The van der Waals surface area contributed by atoms with Crippen LogP contribution in [0.2, 0.25) is 0 Å². The molecule has 0 spiro atoms. The smallest absolute Gasteiger partial charge is 0.123 e. The van der Waals surface area contributed by atoms with E-state index in [0.717, 1.165) is 11.3 Å². The lowest BCUT2D eigenvalue weighted by molar-refractivity contribution is 0.335. The van der Waals surface area contributed by atoms with Gasteiger partial charge in [-0.3, -0.25) is 0 Å². The molecule has 2 nitrogen and oxygen atoms in total. The summed E-state index contributed by atoms with van der Waals surface area (Å²) in [7, 11) is 0. The molecule has 1 N–H and O–H groups in total. The molecule has 2 heteroatoms. The van der Waals surface area contributed by atoms with Gasteiger partial charge in [-0.15, -0.1) is 5.73 Å². The van der Waals surface area contributed by atoms with E-state index in [-0.39, 0.29) is 5.54 Å². The molecule has 0 heterocycles. The van der Waals surface area contributed by atoms with Crippen molar-refractivity contribution in [3.8, 4) is 5.75 Å². The Morgan fingerprint density at radius 3 is 2.59 bits per heavy atom. The largest absolute Gasteiger partial charge is 0.488 e. The fraction of sp³-hybridized carbons (Fsp3) is 0.550. The highest BCUT2D eigenvalue weighted by Gasteiger charge is 2.20. The predicted octanol–water partition coefficient (Wildman–Crippen LogP) is 4.63. The van der Waals surface area contributed by atoms with Crippen LogP contribution in [-0.2, 0) is 0 Å². The first kappa shape index (κ1) is 16.9. The van der Waals surface area contributed by atoms with Gasteiger partial charge in [-0.25, -0.2) is 0 Å². The minimum absolute atomic E-state index is 0.0594. The van der Waals surface area contributed by atoms with Crippen LogP contribution in [0.3, 0.4) is 0 Å². The molecule has 0 bridgehead atoms. The van der Waals surface area contributed by atoms with Crippen molar-refractivity contribution < 1.29 is 4.74 Å². The fourth-order valence-corrected chi connectivity index (χ4v) is 2.87. The maximum atomic E-state index is 6.05. The number of benzene rings is 1. The van der Waals surface area contributed by atoms with Crippen LogP contribution in [0.25, 0.3) is 0 Å². The van der Waals surface area contributed by atoms with Crippen LogP contribution < -0.4 is 10.1 Å². The number of ether oxygens (including phenoxy) is 1. The minimum Gasteiger partial charge on any atom is -0.488 e. The molecule has 1 aliphatic rings. The maximum Gasteiger partial charge on any atom is 0.123 e. The van der Waals surface area contributed by atoms with Crippen molar-refractivity contribution in [2.24, 2.45) is 0 Å². The van der Waals surface area contributed by atoms with Crippen molar-refractivity contribution in [3.63, 3.8) is 0 Å². The zero-order valence-electron chi connectivity index (χ0n) is 14.1. The SMILES string of the molecule is [CH]=C=C(CNC(C)(C)C)COc1ccccc1C1CCCC1. The zero-order valence-corrected chi connectivity index (χ0v) is 14.1. The average Bonchev–Trinajstić information content (AvgIpc) is 3.01. The van der Waals surface area contributed by atoms with E-state index in [2.05, 4.69) is 50.0 Å². The Hall–Kier alpha value is -1.50. The van der Waals surface area contributed by atoms with Gasteiger partial charge in [0, 0.05) is 17.7 Å².